The lowest BCUT2D eigenvalue weighted by Gasteiger charge is -2.04. The molecule has 0 aliphatic heterocycles. The normalized spacial score (nSPS) is 10.3. The zero-order valence-electron chi connectivity index (χ0n) is 8.43. The van der Waals surface area contributed by atoms with Gasteiger partial charge in [-0.3, -0.25) is 4.98 Å². The summed E-state index contributed by atoms with van der Waals surface area (Å²) in [7, 11) is 0. The molecule has 0 saturated heterocycles. The molecule has 0 spiro atoms. The number of hydrogen-bond donors (Lipinski definition) is 1. The smallest absolute Gasteiger partial charge is 0.129 e. The predicted octanol–water partition coefficient (Wildman–Crippen LogP) is 3.00. The van der Waals surface area contributed by atoms with Crippen molar-refractivity contribution in [3.8, 4) is 0 Å². The van der Waals surface area contributed by atoms with E-state index in [0.717, 1.165) is 16.2 Å². The van der Waals surface area contributed by atoms with Crippen LogP contribution in [-0.2, 0) is 5.75 Å². The van der Waals surface area contributed by atoms with Crippen molar-refractivity contribution in [3.05, 3.63) is 47.5 Å². The molecule has 0 unspecified atom stereocenters. The summed E-state index contributed by atoms with van der Waals surface area (Å²) in [5.41, 5.74) is 7.62. The summed E-state index contributed by atoms with van der Waals surface area (Å²) >= 11 is 7.46. The Balaban J connectivity index is 2.05. The number of nitrogens with two attached hydrogens (primary N) is 1. The highest BCUT2D eigenvalue weighted by atomic mass is 35.5. The Bertz CT molecular complexity index is 490. The molecule has 0 atom stereocenters. The van der Waals surface area contributed by atoms with E-state index in [2.05, 4.69) is 9.97 Å². The Labute approximate surface area is 103 Å². The molecule has 0 radical (unpaired) electrons. The third-order valence-electron chi connectivity index (χ3n) is 2.00. The van der Waals surface area contributed by atoms with Gasteiger partial charge >= 0.3 is 0 Å². The lowest BCUT2D eigenvalue weighted by Crippen LogP contribution is -1.90. The highest BCUT2D eigenvalue weighted by molar-refractivity contribution is 7.98. The Morgan fingerprint density at radius 2 is 2.19 bits per heavy atom. The van der Waals surface area contributed by atoms with E-state index in [0.29, 0.717) is 10.8 Å². The van der Waals surface area contributed by atoms with E-state index in [9.17, 15) is 0 Å². The fourth-order valence-corrected chi connectivity index (χ4v) is 2.29. The molecule has 0 aliphatic rings. The van der Waals surface area contributed by atoms with Crippen molar-refractivity contribution in [3.63, 3.8) is 0 Å². The van der Waals surface area contributed by atoms with E-state index in [-0.39, 0.29) is 0 Å². The SMILES string of the molecule is Nc1cnccc1SCc1ccnc(Cl)c1. The number of aromatic nitrogens is 2. The Kier molecular flexibility index (Phi) is 3.64. The maximum Gasteiger partial charge on any atom is 0.129 e. The predicted molar refractivity (Wildman–Crippen MR) is 67.5 cm³/mol. The topological polar surface area (TPSA) is 51.8 Å². The van der Waals surface area contributed by atoms with E-state index in [1.807, 2.05) is 18.2 Å². The molecule has 0 saturated carbocycles. The van der Waals surface area contributed by atoms with E-state index in [4.69, 9.17) is 17.3 Å². The Morgan fingerprint density at radius 3 is 2.94 bits per heavy atom. The first kappa shape index (κ1) is 11.2. The number of anilines is 1. The van der Waals surface area contributed by atoms with Gasteiger partial charge in [0.2, 0.25) is 0 Å². The number of nitrogens with zero attached hydrogens (tertiary/aromatic N) is 2. The second-order valence-corrected chi connectivity index (χ2v) is 4.59. The van der Waals surface area contributed by atoms with E-state index in [1.54, 1.807) is 30.4 Å². The van der Waals surface area contributed by atoms with Crippen molar-refractivity contribution >= 4 is 29.1 Å². The molecule has 5 heteroatoms. The fraction of sp³-hybridized carbons (Fsp3) is 0.0909. The van der Waals surface area contributed by atoms with Gasteiger partial charge in [0.15, 0.2) is 0 Å². The number of thioether (sulfide) groups is 1. The van der Waals surface area contributed by atoms with E-state index < -0.39 is 0 Å². The number of halogens is 1. The van der Waals surface area contributed by atoms with Crippen LogP contribution in [0.1, 0.15) is 5.56 Å². The molecule has 2 aromatic rings. The minimum absolute atomic E-state index is 0.515. The largest absolute Gasteiger partial charge is 0.397 e. The Morgan fingerprint density at radius 1 is 1.31 bits per heavy atom. The highest BCUT2D eigenvalue weighted by Gasteiger charge is 2.01. The quantitative estimate of drug-likeness (QED) is 0.673. The van der Waals surface area contributed by atoms with Crippen LogP contribution in [0.3, 0.4) is 0 Å². The van der Waals surface area contributed by atoms with Crippen LogP contribution in [0.4, 0.5) is 5.69 Å². The van der Waals surface area contributed by atoms with Crippen LogP contribution in [0.5, 0.6) is 0 Å². The van der Waals surface area contributed by atoms with Crippen molar-refractivity contribution in [1.29, 1.82) is 0 Å². The van der Waals surface area contributed by atoms with Gasteiger partial charge in [-0.2, -0.15) is 0 Å². The summed E-state index contributed by atoms with van der Waals surface area (Å²) in [6.45, 7) is 0. The van der Waals surface area contributed by atoms with Gasteiger partial charge < -0.3 is 5.73 Å². The van der Waals surface area contributed by atoms with Crippen molar-refractivity contribution < 1.29 is 0 Å². The summed E-state index contributed by atoms with van der Waals surface area (Å²) < 4.78 is 0. The summed E-state index contributed by atoms with van der Waals surface area (Å²) in [4.78, 5) is 8.91. The molecule has 0 aromatic carbocycles. The Hall–Kier alpha value is -1.26. The van der Waals surface area contributed by atoms with Gasteiger partial charge in [-0.05, 0) is 23.8 Å². The summed E-state index contributed by atoms with van der Waals surface area (Å²) in [6.07, 6.45) is 5.09. The maximum atomic E-state index is 5.80. The molecule has 82 valence electrons. The van der Waals surface area contributed by atoms with Crippen molar-refractivity contribution in [1.82, 2.24) is 9.97 Å². The molecule has 0 amide bonds. The first-order chi connectivity index (χ1) is 7.75. The minimum atomic E-state index is 0.515. The van der Waals surface area contributed by atoms with Gasteiger partial charge in [-0.25, -0.2) is 4.98 Å². The van der Waals surface area contributed by atoms with Gasteiger partial charge in [-0.15, -0.1) is 11.8 Å². The van der Waals surface area contributed by atoms with Crippen LogP contribution in [0.2, 0.25) is 5.15 Å². The average Bonchev–Trinajstić information content (AvgIpc) is 2.28. The maximum absolute atomic E-state index is 5.80. The van der Waals surface area contributed by atoms with Crippen molar-refractivity contribution in [2.45, 2.75) is 10.6 Å². The van der Waals surface area contributed by atoms with Crippen LogP contribution in [0, 0.1) is 0 Å². The zero-order valence-corrected chi connectivity index (χ0v) is 10.0. The highest BCUT2D eigenvalue weighted by Crippen LogP contribution is 2.27. The van der Waals surface area contributed by atoms with E-state index >= 15 is 0 Å². The zero-order chi connectivity index (χ0) is 11.4. The molecular weight excluding hydrogens is 242 g/mol. The van der Waals surface area contributed by atoms with Crippen molar-refractivity contribution in [2.75, 3.05) is 5.73 Å². The number of nitrogen functional groups attached to an aromatic ring is 1. The molecule has 2 rings (SSSR count). The second-order valence-electron chi connectivity index (χ2n) is 3.19. The summed E-state index contributed by atoms with van der Waals surface area (Å²) in [5, 5.41) is 0.515. The third-order valence-corrected chi connectivity index (χ3v) is 3.36. The average molecular weight is 252 g/mol. The fourth-order valence-electron chi connectivity index (χ4n) is 1.22. The molecule has 0 fully saturated rings. The number of hydrogen-bond acceptors (Lipinski definition) is 4. The summed E-state index contributed by atoms with van der Waals surface area (Å²) in [5.74, 6) is 0.816. The molecule has 0 bridgehead atoms. The number of pyridine rings is 2. The number of rotatable bonds is 3. The molecule has 16 heavy (non-hydrogen) atoms. The van der Waals surface area contributed by atoms with Gasteiger partial charge in [0.25, 0.3) is 0 Å². The van der Waals surface area contributed by atoms with Gasteiger partial charge in [0, 0.05) is 23.0 Å². The minimum Gasteiger partial charge on any atom is -0.397 e. The van der Waals surface area contributed by atoms with Crippen LogP contribution in [-0.4, -0.2) is 9.97 Å². The van der Waals surface area contributed by atoms with Crippen LogP contribution >= 0.6 is 23.4 Å². The third kappa shape index (κ3) is 2.87. The van der Waals surface area contributed by atoms with Crippen LogP contribution in [0.15, 0.2) is 41.7 Å². The molecule has 2 heterocycles. The first-order valence-electron chi connectivity index (χ1n) is 4.68. The van der Waals surface area contributed by atoms with Crippen molar-refractivity contribution in [2.24, 2.45) is 0 Å². The summed E-state index contributed by atoms with van der Waals surface area (Å²) in [6, 6.07) is 5.70. The van der Waals surface area contributed by atoms with E-state index in [1.165, 1.54) is 0 Å². The molecular formula is C11H10ClN3S. The van der Waals surface area contributed by atoms with Gasteiger partial charge in [0.1, 0.15) is 5.15 Å². The van der Waals surface area contributed by atoms with Gasteiger partial charge in [0.05, 0.1) is 11.9 Å². The monoisotopic (exact) mass is 251 g/mol. The first-order valence-corrected chi connectivity index (χ1v) is 6.05. The van der Waals surface area contributed by atoms with Gasteiger partial charge in [-0.1, -0.05) is 11.6 Å². The standard InChI is InChI=1S/C11H10ClN3S/c12-11-5-8(1-4-15-11)7-16-10-2-3-14-6-9(10)13/h1-6H,7,13H2. The molecule has 2 aromatic heterocycles. The van der Waals surface area contributed by atoms with Crippen LogP contribution in [0.25, 0.3) is 0 Å². The molecule has 3 nitrogen and oxygen atoms in total. The lowest BCUT2D eigenvalue weighted by atomic mass is 10.3. The lowest BCUT2D eigenvalue weighted by molar-refractivity contribution is 1.25. The second kappa shape index (κ2) is 5.18. The van der Waals surface area contributed by atoms with Crippen LogP contribution < -0.4 is 5.73 Å². The molecule has 2 N–H and O–H groups in total. The molecule has 0 aliphatic carbocycles.